The molecule has 2 aromatic carbocycles. The van der Waals surface area contributed by atoms with Crippen LogP contribution in [0.15, 0.2) is 46.9 Å². The Morgan fingerprint density at radius 2 is 2.00 bits per heavy atom. The largest absolute Gasteiger partial charge is 0.271 e. The van der Waals surface area contributed by atoms with Crippen LogP contribution in [0.5, 0.6) is 0 Å². The minimum atomic E-state index is -0.303. The van der Waals surface area contributed by atoms with Gasteiger partial charge in [-0.1, -0.05) is 45.7 Å². The van der Waals surface area contributed by atoms with Crippen LogP contribution in [0, 0.1) is 5.82 Å². The number of benzene rings is 2. The molecule has 2 nitrogen and oxygen atoms in total. The highest BCUT2D eigenvalue weighted by molar-refractivity contribution is 9.10. The zero-order valence-electron chi connectivity index (χ0n) is 10.0. The second-order valence-electron chi connectivity index (χ2n) is 4.18. The minimum absolute atomic E-state index is 0.144. The lowest BCUT2D eigenvalue weighted by Gasteiger charge is -2.18. The monoisotopic (exact) mass is 342 g/mol. The number of hydrazine groups is 1. The van der Waals surface area contributed by atoms with Crippen molar-refractivity contribution in [3.05, 3.63) is 68.9 Å². The average molecular weight is 344 g/mol. The van der Waals surface area contributed by atoms with E-state index in [-0.39, 0.29) is 11.9 Å². The normalized spacial score (nSPS) is 12.4. The van der Waals surface area contributed by atoms with Gasteiger partial charge in [0.05, 0.1) is 6.04 Å². The molecule has 2 rings (SSSR count). The molecule has 0 aliphatic heterocycles. The van der Waals surface area contributed by atoms with Crippen molar-refractivity contribution in [2.75, 3.05) is 0 Å². The molecule has 0 saturated carbocycles. The van der Waals surface area contributed by atoms with Gasteiger partial charge in [-0.3, -0.25) is 11.3 Å². The molecule has 0 aromatic heterocycles. The van der Waals surface area contributed by atoms with E-state index in [0.29, 0.717) is 11.4 Å². The highest BCUT2D eigenvalue weighted by Gasteiger charge is 2.15. The first-order chi connectivity index (χ1) is 9.11. The van der Waals surface area contributed by atoms with E-state index >= 15 is 0 Å². The molecular weight excluding hydrogens is 331 g/mol. The van der Waals surface area contributed by atoms with Crippen molar-refractivity contribution in [1.82, 2.24) is 5.43 Å². The maximum atomic E-state index is 13.3. The van der Waals surface area contributed by atoms with Gasteiger partial charge in [-0.05, 0) is 41.8 Å². The van der Waals surface area contributed by atoms with Crippen LogP contribution in [0.3, 0.4) is 0 Å². The number of nitrogens with two attached hydrogens (primary N) is 1. The van der Waals surface area contributed by atoms with Crippen LogP contribution in [0.1, 0.15) is 17.2 Å². The van der Waals surface area contributed by atoms with Crippen molar-refractivity contribution >= 4 is 27.5 Å². The SMILES string of the molecule is NNC(Cc1cc(F)ccc1Cl)c1ccccc1Br. The Morgan fingerprint density at radius 1 is 1.26 bits per heavy atom. The van der Waals surface area contributed by atoms with Crippen LogP contribution in [0.25, 0.3) is 0 Å². The van der Waals surface area contributed by atoms with E-state index in [0.717, 1.165) is 15.6 Å². The molecule has 0 radical (unpaired) electrons. The van der Waals surface area contributed by atoms with Crippen LogP contribution >= 0.6 is 27.5 Å². The molecule has 0 spiro atoms. The number of halogens is 3. The van der Waals surface area contributed by atoms with Crippen LogP contribution in [-0.4, -0.2) is 0 Å². The Labute approximate surface area is 124 Å². The summed E-state index contributed by atoms with van der Waals surface area (Å²) in [6, 6.07) is 11.9. The van der Waals surface area contributed by atoms with Crippen molar-refractivity contribution in [2.45, 2.75) is 12.5 Å². The van der Waals surface area contributed by atoms with Gasteiger partial charge in [-0.15, -0.1) is 0 Å². The predicted octanol–water partition coefficient (Wildman–Crippen LogP) is 3.99. The van der Waals surface area contributed by atoms with Gasteiger partial charge < -0.3 is 0 Å². The molecule has 0 amide bonds. The fourth-order valence-electron chi connectivity index (χ4n) is 1.94. The molecule has 1 unspecified atom stereocenters. The van der Waals surface area contributed by atoms with E-state index in [1.165, 1.54) is 12.1 Å². The molecule has 0 aliphatic rings. The predicted molar refractivity (Wildman–Crippen MR) is 79.3 cm³/mol. The summed E-state index contributed by atoms with van der Waals surface area (Å²) in [5.41, 5.74) is 4.47. The number of hydrogen-bond donors (Lipinski definition) is 2. The first kappa shape index (κ1) is 14.5. The minimum Gasteiger partial charge on any atom is -0.271 e. The van der Waals surface area contributed by atoms with Crippen molar-refractivity contribution in [3.8, 4) is 0 Å². The first-order valence-electron chi connectivity index (χ1n) is 5.76. The van der Waals surface area contributed by atoms with E-state index < -0.39 is 0 Å². The molecule has 0 aliphatic carbocycles. The zero-order valence-corrected chi connectivity index (χ0v) is 12.4. The Kier molecular flexibility index (Phi) is 4.93. The van der Waals surface area contributed by atoms with Crippen LogP contribution in [-0.2, 0) is 6.42 Å². The van der Waals surface area contributed by atoms with Gasteiger partial charge >= 0.3 is 0 Å². The second-order valence-corrected chi connectivity index (χ2v) is 5.44. The summed E-state index contributed by atoms with van der Waals surface area (Å²) in [4.78, 5) is 0. The van der Waals surface area contributed by atoms with Crippen molar-refractivity contribution in [2.24, 2.45) is 5.84 Å². The van der Waals surface area contributed by atoms with Crippen molar-refractivity contribution in [3.63, 3.8) is 0 Å². The molecule has 0 heterocycles. The van der Waals surface area contributed by atoms with E-state index in [1.807, 2.05) is 24.3 Å². The third-order valence-electron chi connectivity index (χ3n) is 2.91. The Balaban J connectivity index is 2.29. The maximum absolute atomic E-state index is 13.3. The maximum Gasteiger partial charge on any atom is 0.123 e. The molecule has 0 bridgehead atoms. The summed E-state index contributed by atoms with van der Waals surface area (Å²) in [5.74, 6) is 5.30. The fraction of sp³-hybridized carbons (Fsp3) is 0.143. The third-order valence-corrected chi connectivity index (χ3v) is 4.00. The van der Waals surface area contributed by atoms with E-state index in [9.17, 15) is 4.39 Å². The number of rotatable bonds is 4. The summed E-state index contributed by atoms with van der Waals surface area (Å²) in [6.45, 7) is 0. The first-order valence-corrected chi connectivity index (χ1v) is 6.93. The Morgan fingerprint density at radius 3 is 2.68 bits per heavy atom. The highest BCUT2D eigenvalue weighted by Crippen LogP contribution is 2.28. The highest BCUT2D eigenvalue weighted by atomic mass is 79.9. The number of hydrogen-bond acceptors (Lipinski definition) is 2. The lowest BCUT2D eigenvalue weighted by molar-refractivity contribution is 0.547. The van der Waals surface area contributed by atoms with Gasteiger partial charge in [0.2, 0.25) is 0 Å². The third kappa shape index (κ3) is 3.54. The molecule has 1 atom stereocenters. The molecule has 5 heteroatoms. The molecule has 0 fully saturated rings. The van der Waals surface area contributed by atoms with Gasteiger partial charge in [-0.25, -0.2) is 4.39 Å². The fourth-order valence-corrected chi connectivity index (χ4v) is 2.69. The van der Waals surface area contributed by atoms with Crippen LogP contribution < -0.4 is 11.3 Å². The standard InChI is InChI=1S/C14H13BrClFN2/c15-12-4-2-1-3-11(12)14(19-18)8-9-7-10(17)5-6-13(9)16/h1-7,14,19H,8,18H2. The number of nitrogens with one attached hydrogen (secondary N) is 1. The Bertz CT molecular complexity index is 577. The van der Waals surface area contributed by atoms with E-state index in [2.05, 4.69) is 21.4 Å². The van der Waals surface area contributed by atoms with Crippen LogP contribution in [0.4, 0.5) is 4.39 Å². The topological polar surface area (TPSA) is 38.0 Å². The molecule has 2 aromatic rings. The second kappa shape index (κ2) is 6.48. The molecule has 19 heavy (non-hydrogen) atoms. The molecular formula is C14H13BrClFN2. The summed E-state index contributed by atoms with van der Waals surface area (Å²) in [5, 5.41) is 0.536. The van der Waals surface area contributed by atoms with Gasteiger partial charge in [0.25, 0.3) is 0 Å². The van der Waals surface area contributed by atoms with Gasteiger partial charge in [-0.2, -0.15) is 0 Å². The Hall–Kier alpha value is -0.940. The molecule has 3 N–H and O–H groups in total. The van der Waals surface area contributed by atoms with Crippen molar-refractivity contribution < 1.29 is 4.39 Å². The average Bonchev–Trinajstić information content (AvgIpc) is 2.41. The molecule has 100 valence electrons. The summed E-state index contributed by atoms with van der Waals surface area (Å²) < 4.78 is 14.2. The van der Waals surface area contributed by atoms with E-state index in [4.69, 9.17) is 17.4 Å². The van der Waals surface area contributed by atoms with Crippen LogP contribution in [0.2, 0.25) is 5.02 Å². The summed E-state index contributed by atoms with van der Waals surface area (Å²) >= 11 is 9.56. The van der Waals surface area contributed by atoms with Gasteiger partial charge in [0.1, 0.15) is 5.82 Å². The summed E-state index contributed by atoms with van der Waals surface area (Å²) in [6.07, 6.45) is 0.510. The summed E-state index contributed by atoms with van der Waals surface area (Å²) in [7, 11) is 0. The lowest BCUT2D eigenvalue weighted by atomic mass is 9.99. The smallest absolute Gasteiger partial charge is 0.123 e. The lowest BCUT2D eigenvalue weighted by Crippen LogP contribution is -2.30. The van der Waals surface area contributed by atoms with Gasteiger partial charge in [0, 0.05) is 9.50 Å². The zero-order chi connectivity index (χ0) is 13.8. The van der Waals surface area contributed by atoms with Gasteiger partial charge in [0.15, 0.2) is 0 Å². The quantitative estimate of drug-likeness (QED) is 0.651. The molecule has 0 saturated heterocycles. The van der Waals surface area contributed by atoms with Crippen molar-refractivity contribution in [1.29, 1.82) is 0 Å². The van der Waals surface area contributed by atoms with E-state index in [1.54, 1.807) is 6.07 Å².